The van der Waals surface area contributed by atoms with Gasteiger partial charge in [0.15, 0.2) is 0 Å². The summed E-state index contributed by atoms with van der Waals surface area (Å²) in [6, 6.07) is -0.193. The predicted octanol–water partition coefficient (Wildman–Crippen LogP) is 0.725. The molecule has 0 aliphatic heterocycles. The molecule has 0 bridgehead atoms. The first-order valence-corrected chi connectivity index (χ1v) is 4.56. The van der Waals surface area contributed by atoms with Crippen molar-refractivity contribution in [1.82, 2.24) is 5.32 Å². The molecule has 1 amide bonds. The molecular weight excluding hydrogens is 164 g/mol. The zero-order valence-electron chi connectivity index (χ0n) is 7.70. The van der Waals surface area contributed by atoms with Crippen molar-refractivity contribution in [3.05, 3.63) is 24.8 Å². The second-order valence-corrected chi connectivity index (χ2v) is 3.28. The van der Waals surface area contributed by atoms with Crippen LogP contribution < -0.4 is 11.1 Å². The second-order valence-electron chi connectivity index (χ2n) is 3.28. The molecule has 13 heavy (non-hydrogen) atoms. The van der Waals surface area contributed by atoms with Crippen LogP contribution in [0.2, 0.25) is 0 Å². The summed E-state index contributed by atoms with van der Waals surface area (Å²) in [6.07, 6.45) is 8.19. The monoisotopic (exact) mass is 180 g/mol. The van der Waals surface area contributed by atoms with Crippen LogP contribution >= 0.6 is 0 Å². The van der Waals surface area contributed by atoms with Gasteiger partial charge in [0.25, 0.3) is 0 Å². The molecule has 1 rings (SSSR count). The fourth-order valence-corrected chi connectivity index (χ4v) is 1.33. The topological polar surface area (TPSA) is 55.1 Å². The molecule has 3 heteroatoms. The summed E-state index contributed by atoms with van der Waals surface area (Å²) in [5.41, 5.74) is 5.60. The maximum absolute atomic E-state index is 11.4. The van der Waals surface area contributed by atoms with Crippen molar-refractivity contribution in [2.24, 2.45) is 5.73 Å². The smallest absolute Gasteiger partial charge is 0.237 e. The van der Waals surface area contributed by atoms with E-state index in [0.29, 0.717) is 6.42 Å². The third-order valence-corrected chi connectivity index (χ3v) is 2.11. The van der Waals surface area contributed by atoms with Crippen LogP contribution in [0.4, 0.5) is 0 Å². The molecule has 1 atom stereocenters. The molecule has 0 fully saturated rings. The van der Waals surface area contributed by atoms with E-state index in [-0.39, 0.29) is 11.9 Å². The summed E-state index contributed by atoms with van der Waals surface area (Å²) < 4.78 is 0. The van der Waals surface area contributed by atoms with Crippen molar-refractivity contribution >= 4 is 5.91 Å². The highest BCUT2D eigenvalue weighted by Crippen LogP contribution is 2.09. The van der Waals surface area contributed by atoms with Gasteiger partial charge in [0.1, 0.15) is 0 Å². The highest BCUT2D eigenvalue weighted by atomic mass is 16.2. The Kier molecular flexibility index (Phi) is 3.71. The van der Waals surface area contributed by atoms with Crippen molar-refractivity contribution in [2.45, 2.75) is 31.3 Å². The molecule has 1 aliphatic rings. The van der Waals surface area contributed by atoms with Crippen LogP contribution in [0.1, 0.15) is 19.3 Å². The minimum Gasteiger partial charge on any atom is -0.351 e. The third-order valence-electron chi connectivity index (χ3n) is 2.11. The fourth-order valence-electron chi connectivity index (χ4n) is 1.33. The summed E-state index contributed by atoms with van der Waals surface area (Å²) in [6.45, 7) is 3.54. The average molecular weight is 180 g/mol. The quantitative estimate of drug-likeness (QED) is 0.626. The highest BCUT2D eigenvalue weighted by molar-refractivity contribution is 5.82. The van der Waals surface area contributed by atoms with Crippen molar-refractivity contribution in [3.63, 3.8) is 0 Å². The number of carbonyl (C=O) groups excluding carboxylic acids is 1. The predicted molar refractivity (Wildman–Crippen MR) is 53.1 cm³/mol. The summed E-state index contributed by atoms with van der Waals surface area (Å²) >= 11 is 0. The zero-order valence-corrected chi connectivity index (χ0v) is 7.70. The number of amides is 1. The Labute approximate surface area is 78.7 Å². The number of hydrogen-bond donors (Lipinski definition) is 2. The van der Waals surface area contributed by atoms with Crippen molar-refractivity contribution in [3.8, 4) is 0 Å². The molecule has 1 unspecified atom stereocenters. The first kappa shape index (κ1) is 9.99. The van der Waals surface area contributed by atoms with E-state index < -0.39 is 6.04 Å². The summed E-state index contributed by atoms with van der Waals surface area (Å²) in [4.78, 5) is 11.4. The molecule has 0 heterocycles. The number of rotatable bonds is 4. The molecule has 0 aromatic heterocycles. The van der Waals surface area contributed by atoms with Gasteiger partial charge in [0.2, 0.25) is 5.91 Å². The number of nitrogens with two attached hydrogens (primary N) is 1. The Balaban J connectivity index is 2.27. The van der Waals surface area contributed by atoms with E-state index in [1.807, 2.05) is 0 Å². The van der Waals surface area contributed by atoms with E-state index >= 15 is 0 Å². The molecule has 3 N–H and O–H groups in total. The van der Waals surface area contributed by atoms with E-state index in [9.17, 15) is 4.79 Å². The van der Waals surface area contributed by atoms with Crippen LogP contribution in [0, 0.1) is 0 Å². The first-order chi connectivity index (χ1) is 6.24. The van der Waals surface area contributed by atoms with Crippen LogP contribution in [0.3, 0.4) is 0 Å². The minimum absolute atomic E-state index is 0.0754. The Bertz CT molecular complexity index is 215. The number of carbonyl (C=O) groups is 1. The highest BCUT2D eigenvalue weighted by Gasteiger charge is 2.17. The van der Waals surface area contributed by atoms with Crippen LogP contribution in [0.5, 0.6) is 0 Å². The zero-order chi connectivity index (χ0) is 9.68. The lowest BCUT2D eigenvalue weighted by molar-refractivity contribution is -0.122. The molecule has 72 valence electrons. The largest absolute Gasteiger partial charge is 0.351 e. The Morgan fingerprint density at radius 2 is 2.31 bits per heavy atom. The van der Waals surface area contributed by atoms with Crippen LogP contribution in [0.15, 0.2) is 24.8 Å². The minimum atomic E-state index is -0.446. The number of nitrogens with one attached hydrogen (secondary N) is 1. The lowest BCUT2D eigenvalue weighted by Gasteiger charge is -2.15. The lowest BCUT2D eigenvalue weighted by Crippen LogP contribution is -2.44. The van der Waals surface area contributed by atoms with Gasteiger partial charge in [-0.2, -0.15) is 0 Å². The van der Waals surface area contributed by atoms with E-state index in [4.69, 9.17) is 5.73 Å². The van der Waals surface area contributed by atoms with E-state index in [1.165, 1.54) is 0 Å². The normalized spacial score (nSPS) is 18.5. The summed E-state index contributed by atoms with van der Waals surface area (Å²) in [5.74, 6) is -0.0754. The number of hydrogen-bond acceptors (Lipinski definition) is 2. The van der Waals surface area contributed by atoms with Gasteiger partial charge in [-0.05, 0) is 19.3 Å². The standard InChI is InChI=1S/C10H16N2O/c1-2-5-9(11)10(13)12-8-6-3-4-7-8/h2-4,8-9H,1,5-7,11H2,(H,12,13). The summed E-state index contributed by atoms with van der Waals surface area (Å²) in [5, 5.41) is 2.89. The van der Waals surface area contributed by atoms with Gasteiger partial charge in [-0.25, -0.2) is 0 Å². The molecule has 0 saturated carbocycles. The summed E-state index contributed by atoms with van der Waals surface area (Å²) in [7, 11) is 0. The Morgan fingerprint density at radius 3 is 2.85 bits per heavy atom. The van der Waals surface area contributed by atoms with Gasteiger partial charge in [-0.15, -0.1) is 6.58 Å². The van der Waals surface area contributed by atoms with Crippen molar-refractivity contribution in [2.75, 3.05) is 0 Å². The van der Waals surface area contributed by atoms with Crippen LogP contribution in [0.25, 0.3) is 0 Å². The van der Waals surface area contributed by atoms with E-state index in [2.05, 4.69) is 24.0 Å². The lowest BCUT2D eigenvalue weighted by atomic mass is 10.1. The Morgan fingerprint density at radius 1 is 1.69 bits per heavy atom. The van der Waals surface area contributed by atoms with Gasteiger partial charge in [-0.1, -0.05) is 18.2 Å². The second kappa shape index (κ2) is 4.82. The van der Waals surface area contributed by atoms with Gasteiger partial charge in [0, 0.05) is 6.04 Å². The molecule has 0 aromatic carbocycles. The van der Waals surface area contributed by atoms with E-state index in [1.54, 1.807) is 6.08 Å². The van der Waals surface area contributed by atoms with Gasteiger partial charge >= 0.3 is 0 Å². The van der Waals surface area contributed by atoms with Gasteiger partial charge in [0.05, 0.1) is 6.04 Å². The molecular formula is C10H16N2O. The molecule has 0 radical (unpaired) electrons. The molecule has 3 nitrogen and oxygen atoms in total. The Hall–Kier alpha value is -1.09. The third kappa shape index (κ3) is 3.03. The van der Waals surface area contributed by atoms with Crippen LogP contribution in [-0.4, -0.2) is 18.0 Å². The van der Waals surface area contributed by atoms with Gasteiger partial charge < -0.3 is 11.1 Å². The van der Waals surface area contributed by atoms with Crippen molar-refractivity contribution in [1.29, 1.82) is 0 Å². The fraction of sp³-hybridized carbons (Fsp3) is 0.500. The molecule has 0 saturated heterocycles. The maximum atomic E-state index is 11.4. The SMILES string of the molecule is C=CCC(N)C(=O)NC1CC=CC1. The van der Waals surface area contributed by atoms with Crippen molar-refractivity contribution < 1.29 is 4.79 Å². The maximum Gasteiger partial charge on any atom is 0.237 e. The average Bonchev–Trinajstić information content (AvgIpc) is 2.57. The molecule has 0 aromatic rings. The molecule has 1 aliphatic carbocycles. The first-order valence-electron chi connectivity index (χ1n) is 4.56. The molecule has 0 spiro atoms. The van der Waals surface area contributed by atoms with Crippen LogP contribution in [-0.2, 0) is 4.79 Å². The van der Waals surface area contributed by atoms with Gasteiger partial charge in [-0.3, -0.25) is 4.79 Å². The van der Waals surface area contributed by atoms with E-state index in [0.717, 1.165) is 12.8 Å².